The normalized spacial score (nSPS) is 16.8. The Balaban J connectivity index is 1.74. The van der Waals surface area contributed by atoms with Gasteiger partial charge in [-0.05, 0) is 32.4 Å². The molecule has 0 amide bonds. The van der Waals surface area contributed by atoms with Crippen LogP contribution in [0.1, 0.15) is 90.4 Å². The van der Waals surface area contributed by atoms with Crippen molar-refractivity contribution in [2.24, 2.45) is 0 Å². The lowest BCUT2D eigenvalue weighted by molar-refractivity contribution is 0.0352. The number of hydrogen-bond acceptors (Lipinski definition) is 4. The SMILES string of the molecule is CCCCCCCCCCCCOCC(O)CNCCN1CCCCC1. The van der Waals surface area contributed by atoms with Gasteiger partial charge in [0.15, 0.2) is 0 Å². The van der Waals surface area contributed by atoms with E-state index >= 15 is 0 Å². The molecule has 1 unspecified atom stereocenters. The first-order valence-corrected chi connectivity index (χ1v) is 11.5. The van der Waals surface area contributed by atoms with Gasteiger partial charge in [-0.2, -0.15) is 0 Å². The van der Waals surface area contributed by atoms with Crippen LogP contribution in [0.15, 0.2) is 0 Å². The Morgan fingerprint density at radius 1 is 0.885 bits per heavy atom. The number of aliphatic hydroxyl groups excluding tert-OH is 1. The highest BCUT2D eigenvalue weighted by Gasteiger charge is 2.09. The third-order valence-corrected chi connectivity index (χ3v) is 5.39. The molecule has 26 heavy (non-hydrogen) atoms. The Kier molecular flexibility index (Phi) is 16.7. The number of piperidine rings is 1. The van der Waals surface area contributed by atoms with Crippen LogP contribution in [0.2, 0.25) is 0 Å². The summed E-state index contributed by atoms with van der Waals surface area (Å²) in [4.78, 5) is 2.52. The standard InChI is InChI=1S/C22H46N2O2/c1-2-3-4-5-6-7-8-9-10-14-19-26-21-22(25)20-23-15-18-24-16-12-11-13-17-24/h22-23,25H,2-21H2,1H3. The first kappa shape index (κ1) is 23.9. The van der Waals surface area contributed by atoms with Gasteiger partial charge in [-0.25, -0.2) is 0 Å². The molecular formula is C22H46N2O2. The fraction of sp³-hybridized carbons (Fsp3) is 1.00. The maximum atomic E-state index is 9.95. The third kappa shape index (κ3) is 15.0. The third-order valence-electron chi connectivity index (χ3n) is 5.39. The van der Waals surface area contributed by atoms with Crippen LogP contribution in [0.3, 0.4) is 0 Å². The first-order chi connectivity index (χ1) is 12.8. The highest BCUT2D eigenvalue weighted by molar-refractivity contribution is 4.66. The van der Waals surface area contributed by atoms with Crippen molar-refractivity contribution in [1.82, 2.24) is 10.2 Å². The molecule has 1 rings (SSSR count). The number of likely N-dealkylation sites (tertiary alicyclic amines) is 1. The summed E-state index contributed by atoms with van der Waals surface area (Å²) in [5.41, 5.74) is 0. The monoisotopic (exact) mass is 370 g/mol. The van der Waals surface area contributed by atoms with E-state index < -0.39 is 0 Å². The summed E-state index contributed by atoms with van der Waals surface area (Å²) >= 11 is 0. The Hall–Kier alpha value is -0.160. The minimum Gasteiger partial charge on any atom is -0.389 e. The van der Waals surface area contributed by atoms with E-state index in [9.17, 15) is 5.11 Å². The molecule has 1 aliphatic rings. The molecular weight excluding hydrogens is 324 g/mol. The Bertz CT molecular complexity index is 283. The van der Waals surface area contributed by atoms with E-state index in [1.807, 2.05) is 0 Å². The van der Waals surface area contributed by atoms with E-state index in [0.29, 0.717) is 13.2 Å². The first-order valence-electron chi connectivity index (χ1n) is 11.5. The predicted octanol–water partition coefficient (Wildman–Crippen LogP) is 4.36. The Morgan fingerprint density at radius 2 is 1.50 bits per heavy atom. The fourth-order valence-electron chi connectivity index (χ4n) is 3.66. The highest BCUT2D eigenvalue weighted by Crippen LogP contribution is 2.10. The molecule has 0 aliphatic carbocycles. The molecule has 156 valence electrons. The summed E-state index contributed by atoms with van der Waals surface area (Å²) in [6.07, 6.45) is 17.2. The zero-order valence-corrected chi connectivity index (χ0v) is 17.5. The van der Waals surface area contributed by atoms with Crippen LogP contribution < -0.4 is 5.32 Å². The molecule has 2 N–H and O–H groups in total. The van der Waals surface area contributed by atoms with Crippen molar-refractivity contribution in [3.05, 3.63) is 0 Å². The topological polar surface area (TPSA) is 44.7 Å². The zero-order chi connectivity index (χ0) is 18.7. The molecule has 0 radical (unpaired) electrons. The van der Waals surface area contributed by atoms with Crippen LogP contribution >= 0.6 is 0 Å². The molecule has 1 fully saturated rings. The van der Waals surface area contributed by atoms with E-state index in [1.165, 1.54) is 90.1 Å². The number of rotatable bonds is 18. The second-order valence-electron chi connectivity index (χ2n) is 8.02. The maximum absolute atomic E-state index is 9.95. The average Bonchev–Trinajstić information content (AvgIpc) is 2.67. The molecule has 1 aliphatic heterocycles. The number of aliphatic hydroxyl groups is 1. The Morgan fingerprint density at radius 3 is 2.15 bits per heavy atom. The van der Waals surface area contributed by atoms with Gasteiger partial charge < -0.3 is 20.1 Å². The molecule has 0 aromatic carbocycles. The fourth-order valence-corrected chi connectivity index (χ4v) is 3.66. The van der Waals surface area contributed by atoms with Crippen LogP contribution in [0.25, 0.3) is 0 Å². The lowest BCUT2D eigenvalue weighted by Crippen LogP contribution is -2.38. The van der Waals surface area contributed by atoms with Gasteiger partial charge in [-0.3, -0.25) is 0 Å². The van der Waals surface area contributed by atoms with Crippen molar-refractivity contribution < 1.29 is 9.84 Å². The van der Waals surface area contributed by atoms with Crippen LogP contribution in [-0.2, 0) is 4.74 Å². The van der Waals surface area contributed by atoms with Gasteiger partial charge in [0.25, 0.3) is 0 Å². The summed E-state index contributed by atoms with van der Waals surface area (Å²) in [5.74, 6) is 0. The van der Waals surface area contributed by atoms with E-state index in [1.54, 1.807) is 0 Å². The van der Waals surface area contributed by atoms with Gasteiger partial charge in [0.05, 0.1) is 12.7 Å². The molecule has 1 heterocycles. The molecule has 0 saturated carbocycles. The number of ether oxygens (including phenoxy) is 1. The molecule has 4 heteroatoms. The Labute approximate surface area is 163 Å². The van der Waals surface area contributed by atoms with Crippen molar-refractivity contribution in [1.29, 1.82) is 0 Å². The van der Waals surface area contributed by atoms with Crippen molar-refractivity contribution in [3.63, 3.8) is 0 Å². The number of hydrogen-bond donors (Lipinski definition) is 2. The van der Waals surface area contributed by atoms with E-state index in [2.05, 4.69) is 17.1 Å². The summed E-state index contributed by atoms with van der Waals surface area (Å²) < 4.78 is 5.61. The van der Waals surface area contributed by atoms with Crippen LogP contribution in [0.5, 0.6) is 0 Å². The minimum atomic E-state index is -0.375. The van der Waals surface area contributed by atoms with Gasteiger partial charge in [0.2, 0.25) is 0 Å². The summed E-state index contributed by atoms with van der Waals surface area (Å²) in [7, 11) is 0. The molecule has 0 aromatic rings. The predicted molar refractivity (Wildman–Crippen MR) is 112 cm³/mol. The van der Waals surface area contributed by atoms with Crippen molar-refractivity contribution in [2.75, 3.05) is 45.9 Å². The second kappa shape index (κ2) is 18.2. The van der Waals surface area contributed by atoms with Crippen LogP contribution in [-0.4, -0.2) is 62.0 Å². The molecule has 4 nitrogen and oxygen atoms in total. The number of nitrogens with zero attached hydrogens (tertiary/aromatic N) is 1. The highest BCUT2D eigenvalue weighted by atomic mass is 16.5. The zero-order valence-electron chi connectivity index (χ0n) is 17.5. The van der Waals surface area contributed by atoms with Crippen molar-refractivity contribution in [2.45, 2.75) is 96.5 Å². The lowest BCUT2D eigenvalue weighted by Gasteiger charge is -2.26. The van der Waals surface area contributed by atoms with Crippen LogP contribution in [0.4, 0.5) is 0 Å². The van der Waals surface area contributed by atoms with Gasteiger partial charge >= 0.3 is 0 Å². The average molecular weight is 371 g/mol. The molecule has 0 bridgehead atoms. The largest absolute Gasteiger partial charge is 0.389 e. The van der Waals surface area contributed by atoms with Crippen molar-refractivity contribution >= 4 is 0 Å². The lowest BCUT2D eigenvalue weighted by atomic mass is 10.1. The summed E-state index contributed by atoms with van der Waals surface area (Å²) in [5, 5.41) is 13.3. The van der Waals surface area contributed by atoms with Gasteiger partial charge in [0, 0.05) is 26.2 Å². The van der Waals surface area contributed by atoms with Crippen LogP contribution in [0, 0.1) is 0 Å². The van der Waals surface area contributed by atoms with Crippen molar-refractivity contribution in [3.8, 4) is 0 Å². The van der Waals surface area contributed by atoms with Gasteiger partial charge in [-0.1, -0.05) is 71.1 Å². The quantitative estimate of drug-likeness (QED) is 0.352. The molecule has 1 atom stereocenters. The number of nitrogens with one attached hydrogen (secondary N) is 1. The second-order valence-corrected chi connectivity index (χ2v) is 8.02. The molecule has 0 spiro atoms. The molecule has 1 saturated heterocycles. The van der Waals surface area contributed by atoms with E-state index in [4.69, 9.17) is 4.74 Å². The minimum absolute atomic E-state index is 0.375. The smallest absolute Gasteiger partial charge is 0.0897 e. The number of unbranched alkanes of at least 4 members (excludes halogenated alkanes) is 9. The summed E-state index contributed by atoms with van der Waals surface area (Å²) in [6, 6.07) is 0. The van der Waals surface area contributed by atoms with Gasteiger partial charge in [0.1, 0.15) is 0 Å². The van der Waals surface area contributed by atoms with E-state index in [0.717, 1.165) is 26.1 Å². The summed E-state index contributed by atoms with van der Waals surface area (Å²) in [6.45, 7) is 8.73. The van der Waals surface area contributed by atoms with Gasteiger partial charge in [-0.15, -0.1) is 0 Å². The van der Waals surface area contributed by atoms with E-state index in [-0.39, 0.29) is 6.10 Å². The maximum Gasteiger partial charge on any atom is 0.0897 e. The molecule has 0 aromatic heterocycles.